The molecule has 2 heterocycles. The summed E-state index contributed by atoms with van der Waals surface area (Å²) in [4.78, 5) is 4.21. The van der Waals surface area contributed by atoms with Gasteiger partial charge in [0, 0.05) is 10.7 Å². The fraction of sp³-hybridized carbons (Fsp3) is 0. The lowest BCUT2D eigenvalue weighted by Gasteiger charge is -1.99. The Morgan fingerprint density at radius 1 is 1.22 bits per heavy atom. The lowest BCUT2D eigenvalue weighted by Crippen LogP contribution is -1.89. The van der Waals surface area contributed by atoms with E-state index in [4.69, 9.17) is 26.3 Å². The maximum atomic E-state index is 5.91. The van der Waals surface area contributed by atoms with Crippen LogP contribution in [0.15, 0.2) is 45.5 Å². The van der Waals surface area contributed by atoms with Crippen molar-refractivity contribution in [3.8, 4) is 23.0 Å². The van der Waals surface area contributed by atoms with Crippen LogP contribution in [0.25, 0.3) is 23.0 Å². The minimum atomic E-state index is 0.307. The Labute approximate surface area is 107 Å². The van der Waals surface area contributed by atoms with Gasteiger partial charge in [-0.2, -0.15) is 4.98 Å². The summed E-state index contributed by atoms with van der Waals surface area (Å²) in [7, 11) is 0. The van der Waals surface area contributed by atoms with Gasteiger partial charge in [-0.25, -0.2) is 0 Å². The maximum absolute atomic E-state index is 5.91. The summed E-state index contributed by atoms with van der Waals surface area (Å²) in [6.45, 7) is 0. The second-order valence-electron chi connectivity index (χ2n) is 3.63. The Hall–Kier alpha value is -2.27. The van der Waals surface area contributed by atoms with Crippen molar-refractivity contribution in [1.29, 1.82) is 0 Å². The molecule has 0 bridgehead atoms. The van der Waals surface area contributed by atoms with Crippen molar-refractivity contribution in [2.45, 2.75) is 0 Å². The van der Waals surface area contributed by atoms with E-state index in [1.165, 1.54) is 0 Å². The lowest BCUT2D eigenvalue weighted by atomic mass is 10.2. The molecule has 0 aliphatic rings. The van der Waals surface area contributed by atoms with Crippen molar-refractivity contribution in [3.05, 3.63) is 41.6 Å². The Bertz CT molecular complexity index is 676. The van der Waals surface area contributed by atoms with E-state index >= 15 is 0 Å². The highest BCUT2D eigenvalue weighted by Crippen LogP contribution is 2.29. The number of rotatable bonds is 2. The smallest absolute Gasteiger partial charge is 0.260 e. The topological polar surface area (TPSA) is 78.1 Å². The van der Waals surface area contributed by atoms with Crippen LogP contribution in [0.1, 0.15) is 0 Å². The van der Waals surface area contributed by atoms with E-state index in [0.29, 0.717) is 33.7 Å². The first-order chi connectivity index (χ1) is 8.74. The number of hydrogen-bond acceptors (Lipinski definition) is 5. The van der Waals surface area contributed by atoms with Gasteiger partial charge in [0.05, 0.1) is 11.8 Å². The molecule has 0 spiro atoms. The second-order valence-corrected chi connectivity index (χ2v) is 4.07. The Balaban J connectivity index is 2.05. The van der Waals surface area contributed by atoms with Crippen LogP contribution in [0.4, 0.5) is 5.69 Å². The van der Waals surface area contributed by atoms with Crippen LogP contribution in [-0.4, -0.2) is 10.1 Å². The molecular weight excluding hydrogens is 254 g/mol. The molecule has 3 rings (SSSR count). The first-order valence-corrected chi connectivity index (χ1v) is 5.55. The number of benzene rings is 1. The number of nitrogen functional groups attached to an aromatic ring is 1. The van der Waals surface area contributed by atoms with Gasteiger partial charge in [-0.1, -0.05) is 16.8 Å². The summed E-state index contributed by atoms with van der Waals surface area (Å²) >= 11 is 5.91. The predicted molar refractivity (Wildman–Crippen MR) is 66.9 cm³/mol. The van der Waals surface area contributed by atoms with Crippen LogP contribution in [0.2, 0.25) is 5.02 Å². The molecule has 0 saturated carbocycles. The van der Waals surface area contributed by atoms with Gasteiger partial charge in [-0.15, -0.1) is 0 Å². The molecule has 5 nitrogen and oxygen atoms in total. The third kappa shape index (κ3) is 1.84. The van der Waals surface area contributed by atoms with Gasteiger partial charge in [0.25, 0.3) is 5.89 Å². The maximum Gasteiger partial charge on any atom is 0.260 e. The highest BCUT2D eigenvalue weighted by Gasteiger charge is 2.14. The van der Waals surface area contributed by atoms with Crippen LogP contribution >= 0.6 is 11.6 Å². The van der Waals surface area contributed by atoms with Crippen molar-refractivity contribution < 1.29 is 8.94 Å². The normalized spacial score (nSPS) is 10.7. The van der Waals surface area contributed by atoms with Crippen molar-refractivity contribution in [2.24, 2.45) is 0 Å². The number of halogens is 1. The summed E-state index contributed by atoms with van der Waals surface area (Å²) < 4.78 is 10.3. The Morgan fingerprint density at radius 3 is 2.89 bits per heavy atom. The number of aromatic nitrogens is 2. The predicted octanol–water partition coefficient (Wildman–Crippen LogP) is 3.23. The average molecular weight is 262 g/mol. The monoisotopic (exact) mass is 261 g/mol. The van der Waals surface area contributed by atoms with E-state index in [0.717, 1.165) is 0 Å². The van der Waals surface area contributed by atoms with Gasteiger partial charge in [-0.3, -0.25) is 0 Å². The standard InChI is InChI=1S/C12H8ClN3O2/c13-7-3-4-9(14)8(6-7)12-15-11(16-18-12)10-2-1-5-17-10/h1-6H,14H2. The van der Waals surface area contributed by atoms with Crippen molar-refractivity contribution in [3.63, 3.8) is 0 Å². The van der Waals surface area contributed by atoms with E-state index in [2.05, 4.69) is 10.1 Å². The molecule has 0 radical (unpaired) electrons. The summed E-state index contributed by atoms with van der Waals surface area (Å²) in [6.07, 6.45) is 1.54. The van der Waals surface area contributed by atoms with Crippen molar-refractivity contribution in [2.75, 3.05) is 5.73 Å². The van der Waals surface area contributed by atoms with Gasteiger partial charge in [0.2, 0.25) is 5.82 Å². The van der Waals surface area contributed by atoms with Gasteiger partial charge >= 0.3 is 0 Å². The summed E-state index contributed by atoms with van der Waals surface area (Å²) in [5.41, 5.74) is 6.97. The van der Waals surface area contributed by atoms with Gasteiger partial charge in [0.15, 0.2) is 5.76 Å². The molecule has 0 saturated heterocycles. The SMILES string of the molecule is Nc1ccc(Cl)cc1-c1nc(-c2ccco2)no1. The van der Waals surface area contributed by atoms with E-state index in [9.17, 15) is 0 Å². The number of nitrogens with zero attached hydrogens (tertiary/aromatic N) is 2. The zero-order valence-electron chi connectivity index (χ0n) is 9.13. The zero-order valence-corrected chi connectivity index (χ0v) is 9.89. The number of nitrogens with two attached hydrogens (primary N) is 1. The highest BCUT2D eigenvalue weighted by atomic mass is 35.5. The number of furan rings is 1. The minimum absolute atomic E-state index is 0.307. The van der Waals surface area contributed by atoms with Crippen LogP contribution in [-0.2, 0) is 0 Å². The second kappa shape index (κ2) is 4.19. The fourth-order valence-corrected chi connectivity index (χ4v) is 1.72. The number of hydrogen-bond donors (Lipinski definition) is 1. The molecule has 0 fully saturated rings. The first-order valence-electron chi connectivity index (χ1n) is 5.17. The van der Waals surface area contributed by atoms with Crippen LogP contribution in [0.3, 0.4) is 0 Å². The molecule has 0 unspecified atom stereocenters. The number of anilines is 1. The molecule has 3 aromatic rings. The molecule has 0 amide bonds. The summed E-state index contributed by atoms with van der Waals surface area (Å²) in [5.74, 6) is 1.21. The molecule has 2 aromatic heterocycles. The lowest BCUT2D eigenvalue weighted by molar-refractivity contribution is 0.429. The first kappa shape index (κ1) is 10.9. The Morgan fingerprint density at radius 2 is 2.11 bits per heavy atom. The van der Waals surface area contributed by atoms with E-state index in [-0.39, 0.29) is 0 Å². The summed E-state index contributed by atoms with van der Waals surface area (Å²) in [5, 5.41) is 4.38. The van der Waals surface area contributed by atoms with Crippen LogP contribution in [0, 0.1) is 0 Å². The fourth-order valence-electron chi connectivity index (χ4n) is 1.55. The molecule has 0 atom stereocenters. The largest absolute Gasteiger partial charge is 0.461 e. The molecule has 1 aromatic carbocycles. The quantitative estimate of drug-likeness (QED) is 0.717. The average Bonchev–Trinajstić information content (AvgIpc) is 3.00. The van der Waals surface area contributed by atoms with Gasteiger partial charge < -0.3 is 14.7 Å². The van der Waals surface area contributed by atoms with Crippen LogP contribution < -0.4 is 5.73 Å². The molecule has 90 valence electrons. The van der Waals surface area contributed by atoms with Gasteiger partial charge in [-0.05, 0) is 30.3 Å². The molecule has 6 heteroatoms. The van der Waals surface area contributed by atoms with E-state index in [1.54, 1.807) is 36.6 Å². The molecule has 0 aliphatic carbocycles. The zero-order chi connectivity index (χ0) is 12.5. The third-order valence-electron chi connectivity index (χ3n) is 2.41. The minimum Gasteiger partial charge on any atom is -0.461 e. The third-order valence-corrected chi connectivity index (χ3v) is 2.65. The molecule has 18 heavy (non-hydrogen) atoms. The van der Waals surface area contributed by atoms with Gasteiger partial charge in [0.1, 0.15) is 0 Å². The summed E-state index contributed by atoms with van der Waals surface area (Å²) in [6, 6.07) is 8.56. The molecular formula is C12H8ClN3O2. The molecule has 0 aliphatic heterocycles. The van der Waals surface area contributed by atoms with Crippen molar-refractivity contribution in [1.82, 2.24) is 10.1 Å². The van der Waals surface area contributed by atoms with Crippen molar-refractivity contribution >= 4 is 17.3 Å². The highest BCUT2D eigenvalue weighted by molar-refractivity contribution is 6.31. The van der Waals surface area contributed by atoms with E-state index in [1.807, 2.05) is 0 Å². The van der Waals surface area contributed by atoms with Crippen LogP contribution in [0.5, 0.6) is 0 Å². The Kier molecular flexibility index (Phi) is 2.53. The van der Waals surface area contributed by atoms with E-state index < -0.39 is 0 Å². The molecule has 2 N–H and O–H groups in total.